The Labute approximate surface area is 227 Å². The minimum atomic E-state index is -0.00589. The number of hydrogen-bond acceptors (Lipinski definition) is 2. The predicted molar refractivity (Wildman–Crippen MR) is 159 cm³/mol. The molecule has 0 aromatic heterocycles. The van der Waals surface area contributed by atoms with Crippen molar-refractivity contribution >= 4 is 5.91 Å². The van der Waals surface area contributed by atoms with Crippen molar-refractivity contribution in [1.29, 1.82) is 0 Å². The zero-order chi connectivity index (χ0) is 27.2. The molecule has 3 nitrogen and oxygen atoms in total. The molecular weight excluding hydrogens is 440 g/mol. The Morgan fingerprint density at radius 2 is 1.47 bits per heavy atom. The maximum Gasteiger partial charge on any atom is 0.220 e. The largest absolute Gasteiger partial charge is 0.356 e. The van der Waals surface area contributed by atoms with Gasteiger partial charge in [-0.2, -0.15) is 0 Å². The van der Waals surface area contributed by atoms with Crippen molar-refractivity contribution in [3.63, 3.8) is 0 Å². The third kappa shape index (κ3) is 8.47. The lowest BCUT2D eigenvalue weighted by molar-refractivity contribution is -0.168. The highest BCUT2D eigenvalue weighted by Crippen LogP contribution is 2.67. The van der Waals surface area contributed by atoms with E-state index < -0.39 is 0 Å². The Kier molecular flexibility index (Phi) is 15.2. The molecule has 214 valence electrons. The van der Waals surface area contributed by atoms with Crippen LogP contribution in [0.25, 0.3) is 0 Å². The van der Waals surface area contributed by atoms with Crippen LogP contribution in [0.15, 0.2) is 0 Å². The maximum absolute atomic E-state index is 13.2. The monoisotopic (exact) mass is 507 g/mol. The van der Waals surface area contributed by atoms with E-state index in [1.54, 1.807) is 0 Å². The highest BCUT2D eigenvalue weighted by molar-refractivity contribution is 5.77. The normalized spacial score (nSPS) is 28.7. The summed E-state index contributed by atoms with van der Waals surface area (Å²) in [5.41, 5.74) is 0.220. The second kappa shape index (κ2) is 16.4. The van der Waals surface area contributed by atoms with Crippen LogP contribution >= 0.6 is 0 Å². The van der Waals surface area contributed by atoms with Gasteiger partial charge in [0.05, 0.1) is 0 Å². The molecule has 1 amide bonds. The number of rotatable bonds is 19. The predicted octanol–water partition coefficient (Wildman–Crippen LogP) is 9.44. The van der Waals surface area contributed by atoms with E-state index in [1.165, 1.54) is 89.9 Å². The summed E-state index contributed by atoms with van der Waals surface area (Å²) < 4.78 is 0. The molecule has 0 heterocycles. The molecule has 3 heteroatoms. The molecule has 1 fully saturated rings. The van der Waals surface area contributed by atoms with Crippen LogP contribution in [0.1, 0.15) is 165 Å². The van der Waals surface area contributed by atoms with Gasteiger partial charge in [0, 0.05) is 25.0 Å². The number of unbranched alkanes of at least 4 members (excludes halogenated alkanes) is 7. The second-order valence-corrected chi connectivity index (χ2v) is 13.2. The lowest BCUT2D eigenvalue weighted by Crippen LogP contribution is -2.67. The number of nitrogens with one attached hydrogen (secondary N) is 2. The van der Waals surface area contributed by atoms with Crippen molar-refractivity contribution in [3.05, 3.63) is 0 Å². The molecule has 2 N–H and O–H groups in total. The Morgan fingerprint density at radius 3 is 2.06 bits per heavy atom. The summed E-state index contributed by atoms with van der Waals surface area (Å²) in [6.07, 6.45) is 20.1. The van der Waals surface area contributed by atoms with Gasteiger partial charge < -0.3 is 10.6 Å². The van der Waals surface area contributed by atoms with E-state index in [4.69, 9.17) is 0 Å². The van der Waals surface area contributed by atoms with Gasteiger partial charge in [-0.25, -0.2) is 0 Å². The third-order valence-corrected chi connectivity index (χ3v) is 10.2. The first-order valence-electron chi connectivity index (χ1n) is 16.1. The first kappa shape index (κ1) is 33.5. The molecule has 0 aromatic carbocycles. The molecule has 1 rings (SSSR count). The highest BCUT2D eigenvalue weighted by atomic mass is 16.1. The molecule has 0 aliphatic heterocycles. The summed E-state index contributed by atoms with van der Waals surface area (Å²) in [6, 6.07) is 0.993. The van der Waals surface area contributed by atoms with Gasteiger partial charge in [0.2, 0.25) is 5.91 Å². The van der Waals surface area contributed by atoms with Gasteiger partial charge in [0.1, 0.15) is 0 Å². The first-order chi connectivity index (χ1) is 17.1. The highest BCUT2D eigenvalue weighted by Gasteiger charge is 2.63. The standard InChI is InChI=1S/C33H66N2O/c1-10-15-17-18-19-21-22-27(6)35-30-28(23-20-16-11-2)25-32(9,24-12-3)33(13-4,31(30,7)8)26-29(36)34-14-5/h27-28,30,35H,10-26H2,1-9H3,(H,34,36). The molecular formula is C33H66N2O. The molecule has 1 aliphatic carbocycles. The van der Waals surface area contributed by atoms with Gasteiger partial charge >= 0.3 is 0 Å². The van der Waals surface area contributed by atoms with Crippen molar-refractivity contribution in [1.82, 2.24) is 10.6 Å². The molecule has 1 aliphatic rings. The van der Waals surface area contributed by atoms with E-state index in [2.05, 4.69) is 66.0 Å². The zero-order valence-electron chi connectivity index (χ0n) is 26.2. The molecule has 5 unspecified atom stereocenters. The minimum absolute atomic E-state index is 0.00589. The molecule has 0 bridgehead atoms. The van der Waals surface area contributed by atoms with Crippen LogP contribution in [0.5, 0.6) is 0 Å². The number of carbonyl (C=O) groups is 1. The Morgan fingerprint density at radius 1 is 0.861 bits per heavy atom. The fourth-order valence-electron chi connectivity index (χ4n) is 8.32. The Bertz CT molecular complexity index is 602. The number of hydrogen-bond donors (Lipinski definition) is 2. The van der Waals surface area contributed by atoms with Gasteiger partial charge in [-0.1, -0.05) is 113 Å². The Hall–Kier alpha value is -0.570. The van der Waals surface area contributed by atoms with Crippen LogP contribution < -0.4 is 10.6 Å². The summed E-state index contributed by atoms with van der Waals surface area (Å²) in [7, 11) is 0. The quantitative estimate of drug-likeness (QED) is 0.171. The smallest absolute Gasteiger partial charge is 0.220 e. The van der Waals surface area contributed by atoms with Gasteiger partial charge in [0.25, 0.3) is 0 Å². The van der Waals surface area contributed by atoms with Crippen LogP contribution in [0.3, 0.4) is 0 Å². The molecule has 0 spiro atoms. The molecule has 0 radical (unpaired) electrons. The second-order valence-electron chi connectivity index (χ2n) is 13.2. The molecule has 0 saturated heterocycles. The van der Waals surface area contributed by atoms with Gasteiger partial charge in [-0.05, 0) is 68.1 Å². The average molecular weight is 507 g/mol. The van der Waals surface area contributed by atoms with Crippen LogP contribution in [0, 0.1) is 22.2 Å². The van der Waals surface area contributed by atoms with E-state index in [0.29, 0.717) is 24.4 Å². The van der Waals surface area contributed by atoms with Crippen molar-refractivity contribution in [2.45, 2.75) is 177 Å². The average Bonchev–Trinajstić information content (AvgIpc) is 2.82. The molecule has 0 aromatic rings. The van der Waals surface area contributed by atoms with Crippen molar-refractivity contribution in [2.75, 3.05) is 6.54 Å². The third-order valence-electron chi connectivity index (χ3n) is 10.2. The fraction of sp³-hybridized carbons (Fsp3) is 0.970. The van der Waals surface area contributed by atoms with E-state index in [-0.39, 0.29) is 22.2 Å². The topological polar surface area (TPSA) is 41.1 Å². The van der Waals surface area contributed by atoms with Gasteiger partial charge in [0.15, 0.2) is 0 Å². The van der Waals surface area contributed by atoms with Gasteiger partial charge in [-0.15, -0.1) is 0 Å². The maximum atomic E-state index is 13.2. The SMILES string of the molecule is CCCCCCCCC(C)NC1C(CCCCC)CC(C)(CCC)C(CC)(CC(=O)NCC)C1(C)C. The number of carbonyl (C=O) groups excluding carboxylic acids is 1. The number of amides is 1. The van der Waals surface area contributed by atoms with Crippen LogP contribution in [-0.4, -0.2) is 24.5 Å². The van der Waals surface area contributed by atoms with E-state index in [1.807, 2.05) is 6.92 Å². The zero-order valence-corrected chi connectivity index (χ0v) is 26.2. The minimum Gasteiger partial charge on any atom is -0.356 e. The summed E-state index contributed by atoms with van der Waals surface area (Å²) in [6.45, 7) is 22.1. The summed E-state index contributed by atoms with van der Waals surface area (Å²) >= 11 is 0. The van der Waals surface area contributed by atoms with Crippen LogP contribution in [0.2, 0.25) is 0 Å². The molecule has 5 atom stereocenters. The lowest BCUT2D eigenvalue weighted by atomic mass is 9.40. The van der Waals surface area contributed by atoms with Crippen molar-refractivity contribution in [2.24, 2.45) is 22.2 Å². The van der Waals surface area contributed by atoms with Crippen molar-refractivity contribution < 1.29 is 4.79 Å². The van der Waals surface area contributed by atoms with E-state index in [9.17, 15) is 4.79 Å². The molecule has 1 saturated carbocycles. The summed E-state index contributed by atoms with van der Waals surface area (Å²) in [5, 5.41) is 7.40. The first-order valence-corrected chi connectivity index (χ1v) is 16.1. The van der Waals surface area contributed by atoms with Crippen LogP contribution in [0.4, 0.5) is 0 Å². The fourth-order valence-corrected chi connectivity index (χ4v) is 8.32. The van der Waals surface area contributed by atoms with Crippen LogP contribution in [-0.2, 0) is 4.79 Å². The van der Waals surface area contributed by atoms with E-state index >= 15 is 0 Å². The van der Waals surface area contributed by atoms with Crippen molar-refractivity contribution in [3.8, 4) is 0 Å². The Balaban J connectivity index is 3.25. The molecule has 36 heavy (non-hydrogen) atoms. The lowest BCUT2D eigenvalue weighted by Gasteiger charge is -2.66. The van der Waals surface area contributed by atoms with Gasteiger partial charge in [-0.3, -0.25) is 4.79 Å². The summed E-state index contributed by atoms with van der Waals surface area (Å²) in [5.74, 6) is 0.932. The summed E-state index contributed by atoms with van der Waals surface area (Å²) in [4.78, 5) is 13.2. The van der Waals surface area contributed by atoms with E-state index in [0.717, 1.165) is 13.0 Å².